The van der Waals surface area contributed by atoms with Gasteiger partial charge in [0.1, 0.15) is 11.3 Å². The predicted octanol–water partition coefficient (Wildman–Crippen LogP) is 3.45. The number of amides is 1. The summed E-state index contributed by atoms with van der Waals surface area (Å²) in [6.07, 6.45) is 1.11. The van der Waals surface area contributed by atoms with Gasteiger partial charge in [-0.3, -0.25) is 9.79 Å². The van der Waals surface area contributed by atoms with Crippen molar-refractivity contribution in [3.8, 4) is 0 Å². The number of aliphatic hydroxyl groups excluding tert-OH is 1. The van der Waals surface area contributed by atoms with Gasteiger partial charge in [-0.15, -0.1) is 0 Å². The van der Waals surface area contributed by atoms with Crippen molar-refractivity contribution in [2.45, 2.75) is 13.8 Å². The van der Waals surface area contributed by atoms with Gasteiger partial charge in [0, 0.05) is 12.8 Å². The van der Waals surface area contributed by atoms with Gasteiger partial charge in [0.05, 0.1) is 28.4 Å². The van der Waals surface area contributed by atoms with Crippen molar-refractivity contribution in [3.05, 3.63) is 39.1 Å². The van der Waals surface area contributed by atoms with Crippen molar-refractivity contribution in [3.63, 3.8) is 0 Å². The zero-order valence-electron chi connectivity index (χ0n) is 12.8. The Morgan fingerprint density at radius 1 is 1.39 bits per heavy atom. The molecule has 0 heterocycles. The summed E-state index contributed by atoms with van der Waals surface area (Å²) in [4.78, 5) is 27.5. The molecular weight excluding hydrogens is 343 g/mol. The van der Waals surface area contributed by atoms with Crippen LogP contribution in [0.25, 0.3) is 0 Å². The fourth-order valence-electron chi connectivity index (χ4n) is 1.64. The van der Waals surface area contributed by atoms with E-state index in [0.29, 0.717) is 6.54 Å². The Bertz CT molecular complexity index is 680. The molecule has 0 atom stereocenters. The molecule has 1 aromatic rings. The molecule has 2 N–H and O–H groups in total. The lowest BCUT2D eigenvalue weighted by Crippen LogP contribution is -2.23. The summed E-state index contributed by atoms with van der Waals surface area (Å²) in [6, 6.07) is 2.96. The molecule has 8 heteroatoms. The SMILES string of the molecule is CCNC(=O)c1c(Cl)ccc(N=CC(C(=O)OC)=C(C)O)c1Cl. The Morgan fingerprint density at radius 3 is 2.57 bits per heavy atom. The first kappa shape index (κ1) is 19.0. The molecule has 1 amide bonds. The van der Waals surface area contributed by atoms with Gasteiger partial charge in [0.2, 0.25) is 0 Å². The van der Waals surface area contributed by atoms with Gasteiger partial charge < -0.3 is 15.2 Å². The number of hydrogen-bond acceptors (Lipinski definition) is 5. The van der Waals surface area contributed by atoms with Crippen molar-refractivity contribution in [1.29, 1.82) is 0 Å². The summed E-state index contributed by atoms with van der Waals surface area (Å²) >= 11 is 12.2. The molecule has 0 saturated heterocycles. The lowest BCUT2D eigenvalue weighted by Gasteiger charge is -2.09. The molecule has 1 aromatic carbocycles. The number of rotatable bonds is 5. The van der Waals surface area contributed by atoms with Gasteiger partial charge in [-0.25, -0.2) is 4.79 Å². The predicted molar refractivity (Wildman–Crippen MR) is 90.0 cm³/mol. The van der Waals surface area contributed by atoms with E-state index in [4.69, 9.17) is 23.2 Å². The molecule has 0 saturated carbocycles. The number of aliphatic hydroxyl groups is 1. The molecule has 0 radical (unpaired) electrons. The summed E-state index contributed by atoms with van der Waals surface area (Å²) in [5, 5.41) is 12.3. The number of ether oxygens (including phenoxy) is 1. The minimum Gasteiger partial charge on any atom is -0.512 e. The maximum atomic E-state index is 12.0. The van der Waals surface area contributed by atoms with E-state index in [-0.39, 0.29) is 32.6 Å². The minimum atomic E-state index is -0.747. The number of nitrogens with zero attached hydrogens (tertiary/aromatic N) is 1. The average Bonchev–Trinajstić information content (AvgIpc) is 2.49. The molecule has 124 valence electrons. The van der Waals surface area contributed by atoms with Gasteiger partial charge in [0.15, 0.2) is 0 Å². The Balaban J connectivity index is 3.28. The molecule has 0 aliphatic rings. The molecule has 0 bridgehead atoms. The van der Waals surface area contributed by atoms with E-state index < -0.39 is 11.9 Å². The first-order valence-electron chi connectivity index (χ1n) is 6.61. The topological polar surface area (TPSA) is 88.0 Å². The highest BCUT2D eigenvalue weighted by Crippen LogP contribution is 2.33. The maximum absolute atomic E-state index is 12.0. The fourth-order valence-corrected chi connectivity index (χ4v) is 2.23. The van der Waals surface area contributed by atoms with Crippen LogP contribution in [0.3, 0.4) is 0 Å². The molecule has 0 spiro atoms. The number of benzene rings is 1. The molecule has 6 nitrogen and oxygen atoms in total. The van der Waals surface area contributed by atoms with E-state index in [2.05, 4.69) is 15.0 Å². The summed E-state index contributed by atoms with van der Waals surface area (Å²) in [5.41, 5.74) is 0.187. The highest BCUT2D eigenvalue weighted by molar-refractivity contribution is 6.41. The van der Waals surface area contributed by atoms with Gasteiger partial charge >= 0.3 is 5.97 Å². The minimum absolute atomic E-state index is 0.0412. The Morgan fingerprint density at radius 2 is 2.04 bits per heavy atom. The Labute approximate surface area is 143 Å². The molecule has 1 rings (SSSR count). The van der Waals surface area contributed by atoms with E-state index in [9.17, 15) is 14.7 Å². The van der Waals surface area contributed by atoms with E-state index in [1.54, 1.807) is 6.92 Å². The van der Waals surface area contributed by atoms with Crippen LogP contribution in [0.15, 0.2) is 28.5 Å². The van der Waals surface area contributed by atoms with Crippen LogP contribution in [0.2, 0.25) is 10.0 Å². The quantitative estimate of drug-likeness (QED) is 0.365. The smallest absolute Gasteiger partial charge is 0.342 e. The number of carbonyl (C=O) groups is 2. The Kier molecular flexibility index (Phi) is 7.06. The molecule has 0 fully saturated rings. The molecular formula is C15H16Cl2N2O4. The van der Waals surface area contributed by atoms with Crippen molar-refractivity contribution >= 4 is 47.0 Å². The maximum Gasteiger partial charge on any atom is 0.342 e. The van der Waals surface area contributed by atoms with Crippen molar-refractivity contribution in [2.24, 2.45) is 4.99 Å². The van der Waals surface area contributed by atoms with Crippen molar-refractivity contribution in [2.75, 3.05) is 13.7 Å². The van der Waals surface area contributed by atoms with Crippen LogP contribution in [0, 0.1) is 0 Å². The number of carbonyl (C=O) groups excluding carboxylic acids is 2. The molecule has 0 aliphatic heterocycles. The van der Waals surface area contributed by atoms with Gasteiger partial charge in [-0.05, 0) is 26.0 Å². The number of aliphatic imine (C=N–C) groups is 1. The standard InChI is InChI=1S/C15H16Cl2N2O4/c1-4-18-14(21)12-10(16)5-6-11(13(12)17)19-7-9(8(2)20)15(22)23-3/h5-7,20H,4H2,1-3H3,(H,18,21). The average molecular weight is 359 g/mol. The first-order chi connectivity index (χ1) is 10.8. The monoisotopic (exact) mass is 358 g/mol. The number of allylic oxidation sites excluding steroid dienone is 1. The molecule has 0 aliphatic carbocycles. The van der Waals surface area contributed by atoms with Crippen LogP contribution in [-0.4, -0.2) is 36.9 Å². The second kappa shape index (κ2) is 8.55. The second-order valence-corrected chi connectivity index (χ2v) is 5.15. The van der Waals surface area contributed by atoms with E-state index in [0.717, 1.165) is 6.21 Å². The summed E-state index contributed by atoms with van der Waals surface area (Å²) < 4.78 is 4.54. The highest BCUT2D eigenvalue weighted by Gasteiger charge is 2.17. The van der Waals surface area contributed by atoms with Crippen LogP contribution >= 0.6 is 23.2 Å². The number of hydrogen-bond donors (Lipinski definition) is 2. The van der Waals surface area contributed by atoms with E-state index in [1.807, 2.05) is 0 Å². The number of esters is 1. The Hall–Kier alpha value is -2.05. The van der Waals surface area contributed by atoms with Crippen LogP contribution in [0.4, 0.5) is 5.69 Å². The van der Waals surface area contributed by atoms with Gasteiger partial charge in [-0.1, -0.05) is 23.2 Å². The van der Waals surface area contributed by atoms with Crippen LogP contribution in [0.5, 0.6) is 0 Å². The molecule has 23 heavy (non-hydrogen) atoms. The number of nitrogens with one attached hydrogen (secondary N) is 1. The lowest BCUT2D eigenvalue weighted by atomic mass is 10.1. The third-order valence-electron chi connectivity index (χ3n) is 2.76. The fraction of sp³-hybridized carbons (Fsp3) is 0.267. The molecule has 0 unspecified atom stereocenters. The summed E-state index contributed by atoms with van der Waals surface area (Å²) in [7, 11) is 1.18. The highest BCUT2D eigenvalue weighted by atomic mass is 35.5. The third kappa shape index (κ3) is 4.71. The summed E-state index contributed by atoms with van der Waals surface area (Å²) in [6.45, 7) is 3.50. The third-order valence-corrected chi connectivity index (χ3v) is 3.46. The van der Waals surface area contributed by atoms with E-state index >= 15 is 0 Å². The lowest BCUT2D eigenvalue weighted by molar-refractivity contribution is -0.135. The van der Waals surface area contributed by atoms with E-state index in [1.165, 1.54) is 26.2 Å². The second-order valence-electron chi connectivity index (χ2n) is 4.36. The van der Waals surface area contributed by atoms with Crippen LogP contribution < -0.4 is 5.32 Å². The largest absolute Gasteiger partial charge is 0.512 e. The van der Waals surface area contributed by atoms with Gasteiger partial charge in [0.25, 0.3) is 5.91 Å². The van der Waals surface area contributed by atoms with Crippen molar-refractivity contribution in [1.82, 2.24) is 5.32 Å². The zero-order valence-corrected chi connectivity index (χ0v) is 14.3. The summed E-state index contributed by atoms with van der Waals surface area (Å²) in [5.74, 6) is -1.43. The van der Waals surface area contributed by atoms with Crippen LogP contribution in [-0.2, 0) is 9.53 Å². The van der Waals surface area contributed by atoms with Crippen molar-refractivity contribution < 1.29 is 19.4 Å². The number of methoxy groups -OCH3 is 1. The first-order valence-corrected chi connectivity index (χ1v) is 7.37. The zero-order chi connectivity index (χ0) is 17.6. The number of halogens is 2. The normalized spacial score (nSPS) is 12.0. The van der Waals surface area contributed by atoms with Crippen LogP contribution in [0.1, 0.15) is 24.2 Å². The van der Waals surface area contributed by atoms with Gasteiger partial charge in [-0.2, -0.15) is 0 Å². The molecule has 0 aromatic heterocycles.